The number of nitrogens with zero attached hydrogens (tertiary/aromatic N) is 6. The Morgan fingerprint density at radius 3 is 2.81 bits per heavy atom. The first-order chi connectivity index (χ1) is 20.5. The van der Waals surface area contributed by atoms with Gasteiger partial charge < -0.3 is 40.7 Å². The molecule has 5 aromatic rings. The number of nitrogens with one attached hydrogen (secondary N) is 2. The van der Waals surface area contributed by atoms with E-state index >= 15 is 0 Å². The highest BCUT2D eigenvalue weighted by molar-refractivity contribution is 7.22. The third kappa shape index (κ3) is 4.72. The first-order valence-electron chi connectivity index (χ1n) is 13.6. The Morgan fingerprint density at radius 1 is 1.17 bits per heavy atom. The number of primary amides is 1. The molecule has 2 fully saturated rings. The highest BCUT2D eigenvalue weighted by atomic mass is 32.1. The van der Waals surface area contributed by atoms with Crippen LogP contribution in [0.1, 0.15) is 36.0 Å². The Bertz CT molecular complexity index is 1840. The number of ether oxygens (including phenoxy) is 1. The number of aromatic nitrogens is 5. The second-order valence-corrected chi connectivity index (χ2v) is 11.3. The molecule has 1 saturated heterocycles. The van der Waals surface area contributed by atoms with Gasteiger partial charge >= 0.3 is 0 Å². The lowest BCUT2D eigenvalue weighted by atomic mass is 9.91. The monoisotopic (exact) mass is 592 g/mol. The normalized spacial score (nSPS) is 19.4. The van der Waals surface area contributed by atoms with Crippen LogP contribution in [0.25, 0.3) is 27.3 Å². The van der Waals surface area contributed by atoms with Crippen LogP contribution in [0.3, 0.4) is 0 Å². The summed E-state index contributed by atoms with van der Waals surface area (Å²) in [5.41, 5.74) is 13.0. The van der Waals surface area contributed by atoms with Crippen LogP contribution in [0.15, 0.2) is 38.5 Å². The number of morpholine rings is 1. The van der Waals surface area contributed by atoms with E-state index in [0.29, 0.717) is 48.3 Å². The number of carbonyl (C=O) groups excluding carboxylic acids is 1. The smallest absolute Gasteiger partial charge is 0.256 e. The number of fused-ring (bicyclic) bond motifs is 2. The van der Waals surface area contributed by atoms with Crippen LogP contribution in [-0.2, 0) is 4.74 Å². The van der Waals surface area contributed by atoms with Crippen LogP contribution in [0.2, 0.25) is 0 Å². The third-order valence-corrected chi connectivity index (χ3v) is 8.78. The Kier molecular flexibility index (Phi) is 6.72. The average molecular weight is 593 g/mol. The Balaban J connectivity index is 1.23. The summed E-state index contributed by atoms with van der Waals surface area (Å²) >= 11 is 1.43. The van der Waals surface area contributed by atoms with Gasteiger partial charge in [0.15, 0.2) is 28.6 Å². The molecule has 1 aliphatic heterocycles. The highest BCUT2D eigenvalue weighted by Crippen LogP contribution is 2.37. The number of hydrogen-bond donors (Lipinski definition) is 4. The number of furan rings is 1. The van der Waals surface area contributed by atoms with Crippen molar-refractivity contribution < 1.29 is 18.5 Å². The molecule has 42 heavy (non-hydrogen) atoms. The summed E-state index contributed by atoms with van der Waals surface area (Å²) in [5.74, 6) is 0.374. The molecule has 0 unspecified atom stereocenters. The molecule has 15 nitrogen and oxygen atoms in total. The molecule has 7 rings (SSSR count). The van der Waals surface area contributed by atoms with Gasteiger partial charge in [-0.3, -0.25) is 9.59 Å². The summed E-state index contributed by atoms with van der Waals surface area (Å²) in [6, 6.07) is 3.15. The molecular weight excluding hydrogens is 564 g/mol. The number of carbonyl (C=O) groups is 1. The summed E-state index contributed by atoms with van der Waals surface area (Å²) in [6.07, 6.45) is 6.70. The van der Waals surface area contributed by atoms with Gasteiger partial charge in [-0.15, -0.1) is 11.3 Å². The lowest BCUT2D eigenvalue weighted by Crippen LogP contribution is -2.43. The number of nitrogens with two attached hydrogens (primary N) is 2. The van der Waals surface area contributed by atoms with Crippen LogP contribution in [0, 0.1) is 0 Å². The Morgan fingerprint density at radius 2 is 2.00 bits per heavy atom. The van der Waals surface area contributed by atoms with Crippen LogP contribution < -0.4 is 32.4 Å². The fourth-order valence-corrected chi connectivity index (χ4v) is 6.61. The molecule has 0 spiro atoms. The second kappa shape index (κ2) is 10.7. The number of amides is 1. The predicted molar refractivity (Wildman–Crippen MR) is 155 cm³/mol. The molecule has 0 radical (unpaired) electrons. The quantitative estimate of drug-likeness (QED) is 0.214. The molecule has 6 heterocycles. The Labute approximate surface area is 241 Å². The molecule has 5 aromatic heterocycles. The van der Waals surface area contributed by atoms with Gasteiger partial charge in [0.1, 0.15) is 18.2 Å². The number of rotatable bonds is 7. The fraction of sp³-hybridized carbons (Fsp3) is 0.385. The van der Waals surface area contributed by atoms with Crippen molar-refractivity contribution in [3.63, 3.8) is 0 Å². The third-order valence-electron chi connectivity index (χ3n) is 7.58. The van der Waals surface area contributed by atoms with Crippen molar-refractivity contribution in [2.75, 3.05) is 41.8 Å². The van der Waals surface area contributed by atoms with Crippen molar-refractivity contribution in [1.29, 1.82) is 0 Å². The van der Waals surface area contributed by atoms with Gasteiger partial charge in [-0.25, -0.2) is 4.98 Å². The van der Waals surface area contributed by atoms with Gasteiger partial charge in [0.25, 0.3) is 5.91 Å². The van der Waals surface area contributed by atoms with E-state index in [4.69, 9.17) is 25.1 Å². The van der Waals surface area contributed by atoms with Crippen molar-refractivity contribution in [2.45, 2.75) is 37.8 Å². The Hall–Kier alpha value is -4.54. The van der Waals surface area contributed by atoms with E-state index in [0.717, 1.165) is 30.7 Å². The van der Waals surface area contributed by atoms with Crippen molar-refractivity contribution in [3.05, 3.63) is 40.5 Å². The minimum Gasteiger partial charge on any atom is -0.459 e. The van der Waals surface area contributed by atoms with Crippen molar-refractivity contribution >= 4 is 55.8 Å². The molecule has 6 N–H and O–H groups in total. The SMILES string of the molecule is NC(=O)c1c(Nc2cc(-c3coc4c(=O)cc(N5CCOCC5)sc34)on2)nc(N[C@H]2CCCC[C@H]2N)n2ncnc12. The zero-order valence-electron chi connectivity index (χ0n) is 22.4. The lowest BCUT2D eigenvalue weighted by molar-refractivity contribution is 0.100. The topological polar surface area (TPSA) is 205 Å². The largest absolute Gasteiger partial charge is 0.459 e. The molecule has 0 aromatic carbocycles. The standard InChI is InChI=1S/C26H28N10O5S/c27-14-3-1-2-4-15(14)31-26-33-24(20(23(28)38)25-29-12-30-36(25)26)32-18-10-17(41-34-18)13-11-40-21-16(37)9-19(42-22(13)21)35-5-7-39-8-6-35/h9-12,14-15H,1-8,27H2,(H2,28,38)(H,31,33)(H,32,34)/t14-,15+/m1/s1. The van der Waals surface area contributed by atoms with E-state index in [9.17, 15) is 9.59 Å². The molecule has 218 valence electrons. The van der Waals surface area contributed by atoms with Gasteiger partial charge in [-0.05, 0) is 12.8 Å². The van der Waals surface area contributed by atoms with Gasteiger partial charge in [-0.1, -0.05) is 18.0 Å². The zero-order chi connectivity index (χ0) is 28.8. The van der Waals surface area contributed by atoms with E-state index in [-0.39, 0.29) is 45.9 Å². The van der Waals surface area contributed by atoms with Crippen LogP contribution in [-0.4, -0.2) is 69.0 Å². The number of hydrogen-bond acceptors (Lipinski definition) is 14. The van der Waals surface area contributed by atoms with Gasteiger partial charge in [0.2, 0.25) is 11.4 Å². The molecule has 2 aliphatic rings. The maximum atomic E-state index is 12.8. The van der Waals surface area contributed by atoms with Gasteiger partial charge in [-0.2, -0.15) is 14.6 Å². The van der Waals surface area contributed by atoms with Gasteiger partial charge in [0, 0.05) is 37.3 Å². The molecule has 1 amide bonds. The van der Waals surface area contributed by atoms with Gasteiger partial charge in [0.05, 0.1) is 28.5 Å². The van der Waals surface area contributed by atoms with Crippen LogP contribution in [0.5, 0.6) is 0 Å². The van der Waals surface area contributed by atoms with Crippen molar-refractivity contribution in [3.8, 4) is 11.3 Å². The van der Waals surface area contributed by atoms with Crippen LogP contribution >= 0.6 is 11.3 Å². The van der Waals surface area contributed by atoms with E-state index in [1.165, 1.54) is 28.4 Å². The molecular formula is C26H28N10O5S. The van der Waals surface area contributed by atoms with E-state index in [2.05, 4.69) is 35.8 Å². The van der Waals surface area contributed by atoms with E-state index < -0.39 is 5.91 Å². The molecule has 2 atom stereocenters. The summed E-state index contributed by atoms with van der Waals surface area (Å²) in [4.78, 5) is 36.4. The summed E-state index contributed by atoms with van der Waals surface area (Å²) in [6.45, 7) is 2.59. The van der Waals surface area contributed by atoms with E-state index in [1.807, 2.05) is 0 Å². The van der Waals surface area contributed by atoms with Crippen molar-refractivity contribution in [2.24, 2.45) is 11.5 Å². The molecule has 16 heteroatoms. The second-order valence-electron chi connectivity index (χ2n) is 10.3. The van der Waals surface area contributed by atoms with E-state index in [1.54, 1.807) is 12.1 Å². The van der Waals surface area contributed by atoms with Crippen LogP contribution in [0.4, 0.5) is 22.6 Å². The minimum atomic E-state index is -0.742. The maximum absolute atomic E-state index is 12.8. The molecule has 0 bridgehead atoms. The summed E-state index contributed by atoms with van der Waals surface area (Å²) in [5, 5.41) is 15.6. The summed E-state index contributed by atoms with van der Waals surface area (Å²) in [7, 11) is 0. The van der Waals surface area contributed by atoms with Crippen molar-refractivity contribution in [1.82, 2.24) is 24.7 Å². The maximum Gasteiger partial charge on any atom is 0.256 e. The minimum absolute atomic E-state index is 0.0199. The zero-order valence-corrected chi connectivity index (χ0v) is 23.2. The first-order valence-corrected chi connectivity index (χ1v) is 14.5. The lowest BCUT2D eigenvalue weighted by Gasteiger charge is -2.29. The first kappa shape index (κ1) is 26.4. The average Bonchev–Trinajstić information content (AvgIpc) is 3.75. The highest BCUT2D eigenvalue weighted by Gasteiger charge is 2.27. The predicted octanol–water partition coefficient (Wildman–Crippen LogP) is 2.31. The number of anilines is 4. The molecule has 1 saturated carbocycles. The summed E-state index contributed by atoms with van der Waals surface area (Å²) < 4.78 is 18.8. The molecule has 1 aliphatic carbocycles. The fourth-order valence-electron chi connectivity index (χ4n) is 5.42.